The van der Waals surface area contributed by atoms with Gasteiger partial charge in [0.25, 0.3) is 5.91 Å². The van der Waals surface area contributed by atoms with E-state index in [1.165, 1.54) is 0 Å². The van der Waals surface area contributed by atoms with Crippen molar-refractivity contribution in [1.82, 2.24) is 10.6 Å². The number of halogens is 1. The lowest BCUT2D eigenvalue weighted by atomic mass is 10.2. The van der Waals surface area contributed by atoms with Crippen molar-refractivity contribution in [3.63, 3.8) is 0 Å². The smallest absolute Gasteiger partial charge is 0.251 e. The number of carbonyl (C=O) groups excluding carboxylic acids is 2. The number of carbonyl (C=O) groups is 2. The third-order valence-corrected chi connectivity index (χ3v) is 3.48. The third kappa shape index (κ3) is 4.90. The Kier molecular flexibility index (Phi) is 5.98. The van der Waals surface area contributed by atoms with Gasteiger partial charge >= 0.3 is 0 Å². The first kappa shape index (κ1) is 16.0. The van der Waals surface area contributed by atoms with Gasteiger partial charge in [-0.05, 0) is 23.8 Å². The molecule has 2 N–H and O–H groups in total. The van der Waals surface area contributed by atoms with Crippen LogP contribution in [0.2, 0.25) is 5.02 Å². The van der Waals surface area contributed by atoms with Gasteiger partial charge in [0.1, 0.15) is 0 Å². The fourth-order valence-electron chi connectivity index (χ4n) is 1.91. The van der Waals surface area contributed by atoms with E-state index < -0.39 is 0 Å². The molecule has 114 valence electrons. The van der Waals surface area contributed by atoms with Crippen molar-refractivity contribution in [3.05, 3.63) is 70.7 Å². The molecule has 2 rings (SSSR count). The lowest BCUT2D eigenvalue weighted by molar-refractivity contribution is -0.121. The van der Waals surface area contributed by atoms with Gasteiger partial charge in [-0.15, -0.1) is 0 Å². The monoisotopic (exact) mass is 316 g/mol. The van der Waals surface area contributed by atoms with Crippen LogP contribution in [-0.4, -0.2) is 18.4 Å². The zero-order valence-corrected chi connectivity index (χ0v) is 12.8. The van der Waals surface area contributed by atoms with Gasteiger partial charge in [0, 0.05) is 30.1 Å². The van der Waals surface area contributed by atoms with Crippen LogP contribution in [0.15, 0.2) is 54.6 Å². The van der Waals surface area contributed by atoms with E-state index in [1.54, 1.807) is 30.3 Å². The maximum absolute atomic E-state index is 11.8. The molecule has 2 aromatic carbocycles. The van der Waals surface area contributed by atoms with Crippen LogP contribution in [0, 0.1) is 0 Å². The quantitative estimate of drug-likeness (QED) is 0.861. The van der Waals surface area contributed by atoms with Crippen molar-refractivity contribution >= 4 is 23.4 Å². The minimum absolute atomic E-state index is 0.131. The number of hydrogen-bond donors (Lipinski definition) is 2. The Bertz CT molecular complexity index is 644. The average molecular weight is 317 g/mol. The van der Waals surface area contributed by atoms with Crippen LogP contribution in [-0.2, 0) is 11.3 Å². The maximum atomic E-state index is 11.8. The van der Waals surface area contributed by atoms with Gasteiger partial charge in [0.2, 0.25) is 5.91 Å². The summed E-state index contributed by atoms with van der Waals surface area (Å²) in [7, 11) is 0. The van der Waals surface area contributed by atoms with Crippen molar-refractivity contribution in [1.29, 1.82) is 0 Å². The summed E-state index contributed by atoms with van der Waals surface area (Å²) in [6.07, 6.45) is 0.225. The highest BCUT2D eigenvalue weighted by molar-refractivity contribution is 6.31. The Labute approximate surface area is 134 Å². The van der Waals surface area contributed by atoms with Crippen LogP contribution in [0.25, 0.3) is 0 Å². The topological polar surface area (TPSA) is 58.2 Å². The van der Waals surface area contributed by atoms with Gasteiger partial charge in [0.15, 0.2) is 0 Å². The number of benzene rings is 2. The Morgan fingerprint density at radius 1 is 0.909 bits per heavy atom. The molecule has 5 heteroatoms. The first-order chi connectivity index (χ1) is 10.7. The summed E-state index contributed by atoms with van der Waals surface area (Å²) >= 11 is 6.01. The van der Waals surface area contributed by atoms with Crippen LogP contribution in [0.5, 0.6) is 0 Å². The number of nitrogens with one attached hydrogen (secondary N) is 2. The second kappa shape index (κ2) is 8.20. The molecule has 0 aliphatic carbocycles. The summed E-state index contributed by atoms with van der Waals surface area (Å²) in [6.45, 7) is 0.674. The number of amides is 2. The Hall–Kier alpha value is -2.33. The Morgan fingerprint density at radius 2 is 1.59 bits per heavy atom. The molecule has 0 atom stereocenters. The molecule has 0 aromatic heterocycles. The standard InChI is InChI=1S/C17H17ClN2O2/c18-15-9-5-4-8-14(15)12-20-16(21)10-11-19-17(22)13-6-2-1-3-7-13/h1-9H,10-12H2,(H,19,22)(H,20,21). The van der Waals surface area contributed by atoms with Crippen LogP contribution < -0.4 is 10.6 Å². The van der Waals surface area contributed by atoms with Gasteiger partial charge in [-0.3, -0.25) is 9.59 Å². The first-order valence-corrected chi connectivity index (χ1v) is 7.38. The van der Waals surface area contributed by atoms with Crippen molar-refractivity contribution in [2.24, 2.45) is 0 Å². The van der Waals surface area contributed by atoms with E-state index in [4.69, 9.17) is 11.6 Å². The van der Waals surface area contributed by atoms with E-state index in [9.17, 15) is 9.59 Å². The molecule has 0 aliphatic heterocycles. The lowest BCUT2D eigenvalue weighted by Gasteiger charge is -2.08. The van der Waals surface area contributed by atoms with Crippen molar-refractivity contribution in [2.75, 3.05) is 6.54 Å². The highest BCUT2D eigenvalue weighted by atomic mass is 35.5. The van der Waals surface area contributed by atoms with E-state index in [1.807, 2.05) is 24.3 Å². The third-order valence-electron chi connectivity index (χ3n) is 3.11. The van der Waals surface area contributed by atoms with Crippen LogP contribution >= 0.6 is 11.6 Å². The van der Waals surface area contributed by atoms with Gasteiger partial charge in [-0.2, -0.15) is 0 Å². The predicted molar refractivity (Wildman–Crippen MR) is 86.7 cm³/mol. The molecular weight excluding hydrogens is 300 g/mol. The summed E-state index contributed by atoms with van der Waals surface area (Å²) in [5.41, 5.74) is 1.45. The Morgan fingerprint density at radius 3 is 2.32 bits per heavy atom. The summed E-state index contributed by atoms with van der Waals surface area (Å²) in [5.74, 6) is -0.312. The van der Waals surface area contributed by atoms with E-state index in [-0.39, 0.29) is 18.2 Å². The second-order valence-corrected chi connectivity index (χ2v) is 5.15. The van der Waals surface area contributed by atoms with Gasteiger partial charge in [-0.25, -0.2) is 0 Å². The normalized spacial score (nSPS) is 10.0. The molecule has 0 saturated carbocycles. The molecule has 0 heterocycles. The molecule has 0 aliphatic rings. The molecule has 0 radical (unpaired) electrons. The first-order valence-electron chi connectivity index (χ1n) is 7.00. The fourth-order valence-corrected chi connectivity index (χ4v) is 2.11. The minimum Gasteiger partial charge on any atom is -0.352 e. The van der Waals surface area contributed by atoms with Crippen molar-refractivity contribution < 1.29 is 9.59 Å². The molecule has 0 spiro atoms. The summed E-state index contributed by atoms with van der Waals surface area (Å²) < 4.78 is 0. The molecule has 2 aromatic rings. The summed E-state index contributed by atoms with van der Waals surface area (Å²) in [4.78, 5) is 23.5. The molecule has 0 bridgehead atoms. The van der Waals surface area contributed by atoms with Gasteiger partial charge in [0.05, 0.1) is 0 Å². The zero-order chi connectivity index (χ0) is 15.8. The van der Waals surface area contributed by atoms with Gasteiger partial charge in [-0.1, -0.05) is 48.0 Å². The Balaban J connectivity index is 1.70. The summed E-state index contributed by atoms with van der Waals surface area (Å²) in [5, 5.41) is 6.12. The fraction of sp³-hybridized carbons (Fsp3) is 0.176. The van der Waals surface area contributed by atoms with Gasteiger partial charge < -0.3 is 10.6 Å². The molecule has 0 fully saturated rings. The lowest BCUT2D eigenvalue weighted by Crippen LogP contribution is -2.30. The molecule has 0 saturated heterocycles. The van der Waals surface area contributed by atoms with Crippen LogP contribution in [0.1, 0.15) is 22.3 Å². The molecular formula is C17H17ClN2O2. The molecule has 4 nitrogen and oxygen atoms in total. The van der Waals surface area contributed by atoms with E-state index in [0.29, 0.717) is 23.7 Å². The molecule has 2 amide bonds. The second-order valence-electron chi connectivity index (χ2n) is 4.74. The van der Waals surface area contributed by atoms with Crippen molar-refractivity contribution in [2.45, 2.75) is 13.0 Å². The highest BCUT2D eigenvalue weighted by Crippen LogP contribution is 2.14. The SMILES string of the molecule is O=C(CCNC(=O)c1ccccc1)NCc1ccccc1Cl. The number of rotatable bonds is 6. The number of hydrogen-bond acceptors (Lipinski definition) is 2. The average Bonchev–Trinajstić information content (AvgIpc) is 2.55. The molecule has 0 unspecified atom stereocenters. The van der Waals surface area contributed by atoms with E-state index in [0.717, 1.165) is 5.56 Å². The summed E-state index contributed by atoms with van der Waals surface area (Å²) in [6, 6.07) is 16.2. The minimum atomic E-state index is -0.181. The van der Waals surface area contributed by atoms with Crippen molar-refractivity contribution in [3.8, 4) is 0 Å². The largest absolute Gasteiger partial charge is 0.352 e. The molecule has 22 heavy (non-hydrogen) atoms. The highest BCUT2D eigenvalue weighted by Gasteiger charge is 2.06. The van der Waals surface area contributed by atoms with E-state index >= 15 is 0 Å². The zero-order valence-electron chi connectivity index (χ0n) is 12.0. The predicted octanol–water partition coefficient (Wildman–Crippen LogP) is 2.78. The maximum Gasteiger partial charge on any atom is 0.251 e. The van der Waals surface area contributed by atoms with E-state index in [2.05, 4.69) is 10.6 Å². The van der Waals surface area contributed by atoms with Crippen LogP contribution in [0.3, 0.4) is 0 Å². The van der Waals surface area contributed by atoms with Crippen LogP contribution in [0.4, 0.5) is 0 Å².